The number of hydrogen-bond acceptors (Lipinski definition) is 6. The van der Waals surface area contributed by atoms with Crippen LogP contribution >= 0.6 is 10.7 Å². The van der Waals surface area contributed by atoms with E-state index >= 15 is 0 Å². The van der Waals surface area contributed by atoms with Gasteiger partial charge in [0.2, 0.25) is 0 Å². The number of rotatable bonds is 3. The van der Waals surface area contributed by atoms with Crippen molar-refractivity contribution >= 4 is 25.4 Å². The van der Waals surface area contributed by atoms with Crippen molar-refractivity contribution in [2.45, 2.75) is 11.4 Å². The fraction of sp³-hybridized carbons (Fsp3) is 0.125. The molecule has 0 aliphatic rings. The lowest BCUT2D eigenvalue weighted by Gasteiger charge is -2.04. The summed E-state index contributed by atoms with van der Waals surface area (Å²) in [6, 6.07) is 3.39. The van der Waals surface area contributed by atoms with Crippen LogP contribution in [-0.2, 0) is 15.6 Å². The number of nitrogens with zero attached hydrogens (tertiary/aromatic N) is 2. The van der Waals surface area contributed by atoms with E-state index in [4.69, 9.17) is 21.7 Å². The maximum atomic E-state index is 11.1. The second-order valence-corrected chi connectivity index (χ2v) is 5.55. The van der Waals surface area contributed by atoms with Gasteiger partial charge in [-0.05, 0) is 6.07 Å². The fourth-order valence-corrected chi connectivity index (χ4v) is 2.03. The zero-order valence-corrected chi connectivity index (χ0v) is 9.83. The first-order valence-corrected chi connectivity index (χ1v) is 6.48. The molecular weight excluding hydrogens is 270 g/mol. The van der Waals surface area contributed by atoms with Crippen molar-refractivity contribution in [1.29, 1.82) is 5.26 Å². The van der Waals surface area contributed by atoms with Gasteiger partial charge >= 0.3 is 0 Å². The number of nitrogens with two attached hydrogens (primary N) is 1. The fourth-order valence-electron chi connectivity index (χ4n) is 1.25. The maximum absolute atomic E-state index is 11.1. The van der Waals surface area contributed by atoms with Crippen molar-refractivity contribution in [2.24, 2.45) is 5.73 Å². The standard InChI is InChI=1S/C8H6ClN3O4S/c9-17(15,16)6-1-5(3-10)7(4-11)8(2-6)12(13)14/h1-2H,4,11H2. The van der Waals surface area contributed by atoms with Crippen LogP contribution in [-0.4, -0.2) is 13.3 Å². The second kappa shape index (κ2) is 4.67. The van der Waals surface area contributed by atoms with Gasteiger partial charge in [0.15, 0.2) is 0 Å². The van der Waals surface area contributed by atoms with Gasteiger partial charge in [0, 0.05) is 23.3 Å². The number of nitro groups is 1. The van der Waals surface area contributed by atoms with Crippen molar-refractivity contribution in [3.8, 4) is 6.07 Å². The Bertz CT molecular complexity index is 620. The highest BCUT2D eigenvalue weighted by atomic mass is 35.7. The SMILES string of the molecule is N#Cc1cc(S(=O)(=O)Cl)cc([N+](=O)[O-])c1CN. The Morgan fingerprint density at radius 1 is 1.53 bits per heavy atom. The summed E-state index contributed by atoms with van der Waals surface area (Å²) in [5.74, 6) is 0. The summed E-state index contributed by atoms with van der Waals surface area (Å²) in [5, 5.41) is 19.5. The van der Waals surface area contributed by atoms with E-state index in [1.165, 1.54) is 0 Å². The van der Waals surface area contributed by atoms with Crippen molar-refractivity contribution < 1.29 is 13.3 Å². The van der Waals surface area contributed by atoms with Crippen LogP contribution in [0.4, 0.5) is 5.69 Å². The van der Waals surface area contributed by atoms with E-state index in [0.717, 1.165) is 12.1 Å². The van der Waals surface area contributed by atoms with Crippen molar-refractivity contribution in [3.05, 3.63) is 33.4 Å². The highest BCUT2D eigenvalue weighted by Gasteiger charge is 2.23. The van der Waals surface area contributed by atoms with Crippen LogP contribution < -0.4 is 5.73 Å². The average molecular weight is 276 g/mol. The Balaban J connectivity index is 3.71. The summed E-state index contributed by atoms with van der Waals surface area (Å²) in [4.78, 5) is 9.42. The zero-order valence-electron chi connectivity index (χ0n) is 8.25. The quantitative estimate of drug-likeness (QED) is 0.495. The van der Waals surface area contributed by atoms with Gasteiger partial charge in [-0.25, -0.2) is 8.42 Å². The molecule has 0 amide bonds. The third-order valence-electron chi connectivity index (χ3n) is 2.00. The average Bonchev–Trinajstić information content (AvgIpc) is 2.25. The maximum Gasteiger partial charge on any atom is 0.276 e. The smallest absolute Gasteiger partial charge is 0.276 e. The molecule has 0 aliphatic heterocycles. The number of nitriles is 1. The molecule has 0 saturated carbocycles. The summed E-state index contributed by atoms with van der Waals surface area (Å²) in [6.45, 7) is -0.248. The normalized spacial score (nSPS) is 10.9. The van der Waals surface area contributed by atoms with Crippen LogP contribution in [0.25, 0.3) is 0 Å². The lowest BCUT2D eigenvalue weighted by molar-refractivity contribution is -0.385. The molecule has 9 heteroatoms. The molecule has 1 aromatic rings. The Hall–Kier alpha value is -1.69. The number of hydrogen-bond donors (Lipinski definition) is 1. The molecule has 17 heavy (non-hydrogen) atoms. The van der Waals surface area contributed by atoms with Gasteiger partial charge in [-0.2, -0.15) is 5.26 Å². The summed E-state index contributed by atoms with van der Waals surface area (Å²) < 4.78 is 22.2. The molecule has 0 aromatic heterocycles. The first-order valence-electron chi connectivity index (χ1n) is 4.17. The minimum absolute atomic E-state index is 0.0263. The lowest BCUT2D eigenvalue weighted by Crippen LogP contribution is -2.06. The van der Waals surface area contributed by atoms with Gasteiger partial charge in [0.25, 0.3) is 14.7 Å². The third-order valence-corrected chi connectivity index (χ3v) is 3.34. The van der Waals surface area contributed by atoms with E-state index in [-0.39, 0.29) is 17.7 Å². The van der Waals surface area contributed by atoms with Crippen LogP contribution in [0.15, 0.2) is 17.0 Å². The molecule has 90 valence electrons. The summed E-state index contributed by atoms with van der Waals surface area (Å²) >= 11 is 0. The second-order valence-electron chi connectivity index (χ2n) is 2.98. The predicted octanol–water partition coefficient (Wildman–Crippen LogP) is 0.853. The zero-order chi connectivity index (χ0) is 13.2. The molecule has 2 N–H and O–H groups in total. The van der Waals surface area contributed by atoms with Crippen LogP contribution in [0, 0.1) is 21.4 Å². The monoisotopic (exact) mass is 275 g/mol. The van der Waals surface area contributed by atoms with Gasteiger partial charge in [-0.1, -0.05) is 0 Å². The highest BCUT2D eigenvalue weighted by molar-refractivity contribution is 8.13. The van der Waals surface area contributed by atoms with Crippen molar-refractivity contribution in [1.82, 2.24) is 0 Å². The molecule has 7 nitrogen and oxygen atoms in total. The molecule has 0 heterocycles. The Kier molecular flexibility index (Phi) is 3.67. The predicted molar refractivity (Wildman–Crippen MR) is 58.7 cm³/mol. The van der Waals surface area contributed by atoms with E-state index in [0.29, 0.717) is 0 Å². The topological polar surface area (TPSA) is 127 Å². The number of halogens is 1. The van der Waals surface area contributed by atoms with E-state index in [1.807, 2.05) is 0 Å². The number of benzene rings is 1. The Morgan fingerprint density at radius 3 is 2.47 bits per heavy atom. The molecule has 0 saturated heterocycles. The summed E-state index contributed by atoms with van der Waals surface area (Å²) in [5.41, 5.74) is 4.54. The van der Waals surface area contributed by atoms with Crippen LogP contribution in [0.1, 0.15) is 11.1 Å². The van der Waals surface area contributed by atoms with Gasteiger partial charge in [0.05, 0.1) is 27.0 Å². The summed E-state index contributed by atoms with van der Waals surface area (Å²) in [7, 11) is 0.928. The van der Waals surface area contributed by atoms with Gasteiger partial charge in [-0.15, -0.1) is 0 Å². The van der Waals surface area contributed by atoms with Crippen LogP contribution in [0.2, 0.25) is 0 Å². The van der Waals surface area contributed by atoms with E-state index in [2.05, 4.69) is 0 Å². The number of nitro benzene ring substituents is 1. The van der Waals surface area contributed by atoms with Crippen molar-refractivity contribution in [3.63, 3.8) is 0 Å². The molecule has 0 unspecified atom stereocenters. The molecule has 0 aliphatic carbocycles. The minimum Gasteiger partial charge on any atom is -0.326 e. The molecular formula is C8H6ClN3O4S. The molecule has 1 rings (SSSR count). The Morgan fingerprint density at radius 2 is 2.12 bits per heavy atom. The molecule has 0 spiro atoms. The van der Waals surface area contributed by atoms with Crippen molar-refractivity contribution in [2.75, 3.05) is 0 Å². The van der Waals surface area contributed by atoms with E-state index in [1.54, 1.807) is 6.07 Å². The third kappa shape index (κ3) is 2.71. The highest BCUT2D eigenvalue weighted by Crippen LogP contribution is 2.28. The molecule has 0 radical (unpaired) electrons. The molecule has 0 atom stereocenters. The summed E-state index contributed by atoms with van der Waals surface area (Å²) in [6.07, 6.45) is 0. The van der Waals surface area contributed by atoms with Gasteiger partial charge in [-0.3, -0.25) is 10.1 Å². The van der Waals surface area contributed by atoms with E-state index < -0.39 is 24.6 Å². The van der Waals surface area contributed by atoms with Gasteiger partial charge < -0.3 is 5.73 Å². The Labute approximate surface area is 101 Å². The molecule has 0 bridgehead atoms. The largest absolute Gasteiger partial charge is 0.326 e. The van der Waals surface area contributed by atoms with Gasteiger partial charge in [0.1, 0.15) is 0 Å². The van der Waals surface area contributed by atoms with Crippen LogP contribution in [0.3, 0.4) is 0 Å². The van der Waals surface area contributed by atoms with E-state index in [9.17, 15) is 18.5 Å². The van der Waals surface area contributed by atoms with Crippen LogP contribution in [0.5, 0.6) is 0 Å². The minimum atomic E-state index is -4.14. The molecule has 1 aromatic carbocycles. The first kappa shape index (κ1) is 13.4. The lowest BCUT2D eigenvalue weighted by atomic mass is 10.1. The molecule has 0 fully saturated rings. The first-order chi connectivity index (χ1) is 7.81.